The second-order valence-corrected chi connectivity index (χ2v) is 6.23. The minimum absolute atomic E-state index is 0.132. The number of hydrogen-bond acceptors (Lipinski definition) is 8. The molecule has 1 aromatic carbocycles. The Labute approximate surface area is 140 Å². The SMILES string of the molecule is CSCc1nnc(SCCC(=O)Nc2ccccc2[N+](=O)[O-])o1. The van der Waals surface area contributed by atoms with Crippen LogP contribution in [0.2, 0.25) is 0 Å². The predicted molar refractivity (Wildman–Crippen MR) is 88.6 cm³/mol. The van der Waals surface area contributed by atoms with Crippen molar-refractivity contribution in [2.45, 2.75) is 17.4 Å². The van der Waals surface area contributed by atoms with Gasteiger partial charge in [0.1, 0.15) is 5.69 Å². The van der Waals surface area contributed by atoms with Gasteiger partial charge in [0.2, 0.25) is 11.8 Å². The number of aromatic nitrogens is 2. The van der Waals surface area contributed by atoms with Gasteiger partial charge in [0.15, 0.2) is 0 Å². The third-order valence-corrected chi connectivity index (χ3v) is 4.00. The fourth-order valence-electron chi connectivity index (χ4n) is 1.66. The summed E-state index contributed by atoms with van der Waals surface area (Å²) in [5.41, 5.74) is 0.0552. The van der Waals surface area contributed by atoms with Gasteiger partial charge in [-0.2, -0.15) is 11.8 Å². The van der Waals surface area contributed by atoms with Gasteiger partial charge in [-0.1, -0.05) is 23.9 Å². The molecule has 0 aliphatic heterocycles. The van der Waals surface area contributed by atoms with E-state index in [1.807, 2.05) is 6.26 Å². The van der Waals surface area contributed by atoms with E-state index >= 15 is 0 Å². The maximum Gasteiger partial charge on any atom is 0.292 e. The van der Waals surface area contributed by atoms with Crippen molar-refractivity contribution in [1.82, 2.24) is 10.2 Å². The number of amides is 1. The summed E-state index contributed by atoms with van der Waals surface area (Å²) in [5, 5.41) is 21.6. The van der Waals surface area contributed by atoms with E-state index < -0.39 is 4.92 Å². The summed E-state index contributed by atoms with van der Waals surface area (Å²) in [5.74, 6) is 1.32. The molecule has 0 bridgehead atoms. The molecule has 0 aliphatic rings. The monoisotopic (exact) mass is 354 g/mol. The number of nitrogens with one attached hydrogen (secondary N) is 1. The Kier molecular flexibility index (Phi) is 6.41. The number of thioether (sulfide) groups is 2. The van der Waals surface area contributed by atoms with E-state index in [1.165, 1.54) is 23.9 Å². The summed E-state index contributed by atoms with van der Waals surface area (Å²) in [6.07, 6.45) is 2.11. The smallest absolute Gasteiger partial charge is 0.292 e. The van der Waals surface area contributed by atoms with Crippen molar-refractivity contribution in [2.75, 3.05) is 17.3 Å². The predicted octanol–water partition coefficient (Wildman–Crippen LogP) is 2.96. The average Bonchev–Trinajstić information content (AvgIpc) is 2.95. The third kappa shape index (κ3) is 5.25. The summed E-state index contributed by atoms with van der Waals surface area (Å²) in [4.78, 5) is 22.2. The first-order chi connectivity index (χ1) is 11.1. The molecule has 8 nitrogen and oxygen atoms in total. The highest BCUT2D eigenvalue weighted by Crippen LogP contribution is 2.24. The first-order valence-electron chi connectivity index (χ1n) is 6.57. The van der Waals surface area contributed by atoms with Gasteiger partial charge in [-0.15, -0.1) is 10.2 Å². The number of carbonyl (C=O) groups excluding carboxylic acids is 1. The van der Waals surface area contributed by atoms with Crippen LogP contribution in [0.15, 0.2) is 33.9 Å². The van der Waals surface area contributed by atoms with Crippen molar-refractivity contribution >= 4 is 40.8 Å². The molecule has 0 unspecified atom stereocenters. The third-order valence-electron chi connectivity index (χ3n) is 2.65. The Balaban J connectivity index is 1.82. The molecule has 1 heterocycles. The van der Waals surface area contributed by atoms with Crippen LogP contribution < -0.4 is 5.32 Å². The number of hydrogen-bond donors (Lipinski definition) is 1. The molecule has 0 saturated heterocycles. The van der Waals surface area contributed by atoms with Gasteiger partial charge in [-0.05, 0) is 12.3 Å². The van der Waals surface area contributed by atoms with Crippen LogP contribution in [0.3, 0.4) is 0 Å². The second kappa shape index (κ2) is 8.53. The van der Waals surface area contributed by atoms with Gasteiger partial charge in [-0.25, -0.2) is 0 Å². The van der Waals surface area contributed by atoms with E-state index in [2.05, 4.69) is 15.5 Å². The molecule has 2 rings (SSSR count). The lowest BCUT2D eigenvalue weighted by Crippen LogP contribution is -2.13. The summed E-state index contributed by atoms with van der Waals surface area (Å²) in [6, 6.07) is 6.01. The van der Waals surface area contributed by atoms with E-state index in [0.29, 0.717) is 22.6 Å². The normalized spacial score (nSPS) is 10.5. The number of nitro benzene ring substituents is 1. The topological polar surface area (TPSA) is 111 Å². The molecule has 23 heavy (non-hydrogen) atoms. The fraction of sp³-hybridized carbons (Fsp3) is 0.308. The zero-order chi connectivity index (χ0) is 16.7. The van der Waals surface area contributed by atoms with Crippen molar-refractivity contribution in [1.29, 1.82) is 0 Å². The van der Waals surface area contributed by atoms with Crippen molar-refractivity contribution in [3.05, 3.63) is 40.3 Å². The zero-order valence-corrected chi connectivity index (χ0v) is 13.9. The molecule has 122 valence electrons. The second-order valence-electron chi connectivity index (χ2n) is 4.32. The first-order valence-corrected chi connectivity index (χ1v) is 8.95. The Hall–Kier alpha value is -2.07. The molecular weight excluding hydrogens is 340 g/mol. The fourth-order valence-corrected chi connectivity index (χ4v) is 2.74. The Morgan fingerprint density at radius 1 is 1.39 bits per heavy atom. The van der Waals surface area contributed by atoms with E-state index in [0.717, 1.165) is 0 Å². The van der Waals surface area contributed by atoms with E-state index in [9.17, 15) is 14.9 Å². The van der Waals surface area contributed by atoms with E-state index in [-0.39, 0.29) is 23.7 Å². The summed E-state index contributed by atoms with van der Waals surface area (Å²) < 4.78 is 5.37. The van der Waals surface area contributed by atoms with Crippen molar-refractivity contribution < 1.29 is 14.1 Å². The van der Waals surface area contributed by atoms with Crippen LogP contribution >= 0.6 is 23.5 Å². The van der Waals surface area contributed by atoms with Gasteiger partial charge in [0.25, 0.3) is 10.9 Å². The van der Waals surface area contributed by atoms with Gasteiger partial charge in [0.05, 0.1) is 10.7 Å². The molecule has 0 spiro atoms. The van der Waals surface area contributed by atoms with Crippen LogP contribution in [-0.4, -0.2) is 33.0 Å². The van der Waals surface area contributed by atoms with Crippen LogP contribution in [0.25, 0.3) is 0 Å². The first kappa shape index (κ1) is 17.3. The highest BCUT2D eigenvalue weighted by atomic mass is 32.2. The molecule has 1 amide bonds. The summed E-state index contributed by atoms with van der Waals surface area (Å²) in [6.45, 7) is 0. The summed E-state index contributed by atoms with van der Waals surface area (Å²) in [7, 11) is 0. The highest BCUT2D eigenvalue weighted by molar-refractivity contribution is 7.99. The van der Waals surface area contributed by atoms with Crippen LogP contribution in [0.4, 0.5) is 11.4 Å². The number of nitrogens with zero attached hydrogens (tertiary/aromatic N) is 3. The Morgan fingerprint density at radius 3 is 2.91 bits per heavy atom. The molecule has 2 aromatic rings. The number of carbonyl (C=O) groups is 1. The number of benzene rings is 1. The van der Waals surface area contributed by atoms with Crippen LogP contribution in [0.5, 0.6) is 0 Å². The van der Waals surface area contributed by atoms with Gasteiger partial charge >= 0.3 is 0 Å². The van der Waals surface area contributed by atoms with Gasteiger partial charge in [-0.3, -0.25) is 14.9 Å². The van der Waals surface area contributed by atoms with Crippen LogP contribution in [-0.2, 0) is 10.5 Å². The quantitative estimate of drug-likeness (QED) is 0.437. The standard InChI is InChI=1S/C13H14N4O4S2/c1-22-8-12-15-16-13(21-12)23-7-6-11(18)14-9-4-2-3-5-10(9)17(19)20/h2-5H,6-8H2,1H3,(H,14,18). The number of anilines is 1. The number of nitro groups is 1. The van der Waals surface area contributed by atoms with E-state index in [1.54, 1.807) is 23.9 Å². The molecule has 0 saturated carbocycles. The number of rotatable bonds is 8. The minimum Gasteiger partial charge on any atom is -0.415 e. The Bertz CT molecular complexity index is 692. The molecule has 0 radical (unpaired) electrons. The molecule has 0 atom stereocenters. The van der Waals surface area contributed by atoms with Crippen molar-refractivity contribution in [3.8, 4) is 0 Å². The van der Waals surface area contributed by atoms with Crippen LogP contribution in [0.1, 0.15) is 12.3 Å². The lowest BCUT2D eigenvalue weighted by molar-refractivity contribution is -0.383. The van der Waals surface area contributed by atoms with Crippen molar-refractivity contribution in [2.24, 2.45) is 0 Å². The molecule has 1 aromatic heterocycles. The lowest BCUT2D eigenvalue weighted by atomic mass is 10.2. The van der Waals surface area contributed by atoms with Crippen molar-refractivity contribution in [3.63, 3.8) is 0 Å². The Morgan fingerprint density at radius 2 is 2.17 bits per heavy atom. The zero-order valence-electron chi connectivity index (χ0n) is 12.2. The molecular formula is C13H14N4O4S2. The van der Waals surface area contributed by atoms with E-state index in [4.69, 9.17) is 4.42 Å². The molecule has 1 N–H and O–H groups in total. The number of para-hydroxylation sites is 2. The van der Waals surface area contributed by atoms with Gasteiger partial charge in [0, 0.05) is 18.2 Å². The van der Waals surface area contributed by atoms with Crippen LogP contribution in [0, 0.1) is 10.1 Å². The summed E-state index contributed by atoms with van der Waals surface area (Å²) >= 11 is 2.85. The average molecular weight is 354 g/mol. The minimum atomic E-state index is -0.532. The molecule has 10 heteroatoms. The maximum absolute atomic E-state index is 11.9. The molecule has 0 aliphatic carbocycles. The lowest BCUT2D eigenvalue weighted by Gasteiger charge is -2.04. The largest absolute Gasteiger partial charge is 0.415 e. The molecule has 0 fully saturated rings. The highest BCUT2D eigenvalue weighted by Gasteiger charge is 2.15. The maximum atomic E-state index is 11.9. The van der Waals surface area contributed by atoms with Gasteiger partial charge < -0.3 is 9.73 Å².